The lowest BCUT2D eigenvalue weighted by molar-refractivity contribution is -0.116. The molecule has 40 heavy (non-hydrogen) atoms. The Labute approximate surface area is 235 Å². The van der Waals surface area contributed by atoms with Crippen molar-refractivity contribution in [1.29, 1.82) is 0 Å². The Kier molecular flexibility index (Phi) is 7.70. The van der Waals surface area contributed by atoms with E-state index < -0.39 is 0 Å². The Balaban J connectivity index is 0.000000161. The van der Waals surface area contributed by atoms with E-state index in [2.05, 4.69) is 35.9 Å². The summed E-state index contributed by atoms with van der Waals surface area (Å²) in [5.74, 6) is 0.444. The molecule has 2 aromatic carbocycles. The molecule has 0 aliphatic carbocycles. The van der Waals surface area contributed by atoms with Gasteiger partial charge in [0.25, 0.3) is 22.3 Å². The van der Waals surface area contributed by atoms with E-state index >= 15 is 0 Å². The van der Waals surface area contributed by atoms with Crippen LogP contribution in [0.15, 0.2) is 58.9 Å². The van der Waals surface area contributed by atoms with Crippen LogP contribution in [-0.2, 0) is 9.59 Å². The molecule has 4 amide bonds. The smallest absolute Gasteiger partial charge is 0.290 e. The van der Waals surface area contributed by atoms with Crippen LogP contribution in [-0.4, -0.2) is 56.4 Å². The Morgan fingerprint density at radius 3 is 1.77 bits per heavy atom. The SMILES string of the molecule is CNc1ncnc2ccc(/C=C3/SC(=O)NC3=O)cc12.COc1ncnc2ccc(/C=C3/SC(=O)NC3=O)cc12. The highest BCUT2D eigenvalue weighted by Gasteiger charge is 2.25. The van der Waals surface area contributed by atoms with Crippen LogP contribution < -0.4 is 20.7 Å². The van der Waals surface area contributed by atoms with E-state index in [1.54, 1.807) is 19.2 Å². The van der Waals surface area contributed by atoms with Crippen LogP contribution in [0.4, 0.5) is 15.4 Å². The Morgan fingerprint density at radius 1 is 0.750 bits per heavy atom. The summed E-state index contributed by atoms with van der Waals surface area (Å²) in [6.07, 6.45) is 6.25. The molecule has 2 aliphatic heterocycles. The molecule has 4 aromatic rings. The zero-order chi connectivity index (χ0) is 28.2. The Bertz CT molecular complexity index is 1640. The van der Waals surface area contributed by atoms with E-state index in [9.17, 15) is 19.2 Å². The first-order valence-electron chi connectivity index (χ1n) is 11.6. The summed E-state index contributed by atoms with van der Waals surface area (Å²) in [6.45, 7) is 0. The summed E-state index contributed by atoms with van der Waals surface area (Å²) < 4.78 is 5.18. The average Bonchev–Trinajstić information content (AvgIpc) is 3.45. The van der Waals surface area contributed by atoms with Crippen molar-refractivity contribution in [3.63, 3.8) is 0 Å². The van der Waals surface area contributed by atoms with Gasteiger partial charge in [0.05, 0.1) is 33.3 Å². The summed E-state index contributed by atoms with van der Waals surface area (Å²) in [6, 6.07) is 11.0. The molecule has 0 spiro atoms. The van der Waals surface area contributed by atoms with Crippen LogP contribution in [0, 0.1) is 0 Å². The third kappa shape index (κ3) is 5.77. The molecule has 12 nitrogen and oxygen atoms in total. The monoisotopic (exact) mass is 573 g/mol. The first-order chi connectivity index (χ1) is 19.3. The number of rotatable bonds is 4. The van der Waals surface area contributed by atoms with Gasteiger partial charge in [-0.25, -0.2) is 19.9 Å². The van der Waals surface area contributed by atoms with Crippen molar-refractivity contribution in [3.8, 4) is 5.88 Å². The van der Waals surface area contributed by atoms with Crippen molar-refractivity contribution in [2.75, 3.05) is 19.5 Å². The molecule has 4 heterocycles. The standard InChI is InChI=1S/C13H10N4O2S.C13H9N3O3S/c1-14-11-8-4-7(2-3-9(8)15-6-16-11)5-10-12(18)17-13(19)20-10;1-19-12-8-4-7(2-3-9(8)14-6-15-12)5-10-11(17)16-13(18)20-10/h2-6H,1H3,(H,14,15,16)(H,17,18,19);2-6H,1H3,(H,16,17,18)/b2*10-5+. The number of carbonyl (C=O) groups is 4. The number of methoxy groups -OCH3 is 1. The third-order valence-corrected chi connectivity index (χ3v) is 7.21. The Morgan fingerprint density at radius 2 is 1.27 bits per heavy atom. The van der Waals surface area contributed by atoms with E-state index in [0.717, 1.165) is 62.3 Å². The maximum atomic E-state index is 11.5. The number of fused-ring (bicyclic) bond motifs is 2. The van der Waals surface area contributed by atoms with E-state index in [1.165, 1.54) is 19.8 Å². The number of nitrogens with zero attached hydrogens (tertiary/aromatic N) is 4. The van der Waals surface area contributed by atoms with Crippen LogP contribution in [0.1, 0.15) is 11.1 Å². The zero-order valence-electron chi connectivity index (χ0n) is 20.9. The molecule has 0 saturated carbocycles. The number of imide groups is 2. The van der Waals surface area contributed by atoms with Gasteiger partial charge in [-0.2, -0.15) is 0 Å². The molecule has 200 valence electrons. The van der Waals surface area contributed by atoms with Crippen molar-refractivity contribution in [3.05, 3.63) is 70.0 Å². The molecule has 0 unspecified atom stereocenters. The van der Waals surface area contributed by atoms with Crippen LogP contribution in [0.2, 0.25) is 0 Å². The van der Waals surface area contributed by atoms with Crippen molar-refractivity contribution >= 4 is 85.6 Å². The first kappa shape index (κ1) is 26.8. The van der Waals surface area contributed by atoms with Crippen LogP contribution >= 0.6 is 23.5 Å². The normalized spacial score (nSPS) is 16.8. The van der Waals surface area contributed by atoms with Crippen molar-refractivity contribution in [2.24, 2.45) is 0 Å². The molecule has 0 bridgehead atoms. The first-order valence-corrected chi connectivity index (χ1v) is 13.2. The molecule has 2 saturated heterocycles. The summed E-state index contributed by atoms with van der Waals surface area (Å²) >= 11 is 1.78. The molecule has 14 heteroatoms. The molecule has 2 aliphatic rings. The van der Waals surface area contributed by atoms with Crippen molar-refractivity contribution < 1.29 is 23.9 Å². The molecule has 2 fully saturated rings. The van der Waals surface area contributed by atoms with Crippen LogP contribution in [0.5, 0.6) is 5.88 Å². The van der Waals surface area contributed by atoms with Crippen molar-refractivity contribution in [1.82, 2.24) is 30.6 Å². The van der Waals surface area contributed by atoms with Gasteiger partial charge in [0.15, 0.2) is 0 Å². The highest BCUT2D eigenvalue weighted by Crippen LogP contribution is 2.29. The van der Waals surface area contributed by atoms with E-state index in [0.29, 0.717) is 15.7 Å². The number of amides is 4. The lowest BCUT2D eigenvalue weighted by Crippen LogP contribution is -2.17. The maximum Gasteiger partial charge on any atom is 0.290 e. The molecule has 0 radical (unpaired) electrons. The predicted molar refractivity (Wildman–Crippen MR) is 153 cm³/mol. The van der Waals surface area contributed by atoms with Gasteiger partial charge in [0.2, 0.25) is 5.88 Å². The lowest BCUT2D eigenvalue weighted by Gasteiger charge is -2.04. The van der Waals surface area contributed by atoms with Crippen LogP contribution in [0.25, 0.3) is 34.0 Å². The topological polar surface area (TPSA) is 165 Å². The number of thioether (sulfide) groups is 2. The van der Waals surface area contributed by atoms with Gasteiger partial charge in [-0.15, -0.1) is 0 Å². The molecule has 6 rings (SSSR count). The fourth-order valence-corrected chi connectivity index (χ4v) is 5.18. The number of nitrogens with one attached hydrogen (secondary N) is 3. The van der Waals surface area contributed by atoms with E-state index in [1.807, 2.05) is 36.4 Å². The fourth-order valence-electron chi connectivity index (χ4n) is 3.81. The minimum Gasteiger partial charge on any atom is -0.480 e. The van der Waals surface area contributed by atoms with E-state index in [4.69, 9.17) is 4.74 Å². The number of anilines is 1. The number of hydrogen-bond donors (Lipinski definition) is 3. The summed E-state index contributed by atoms with van der Waals surface area (Å²) in [7, 11) is 3.32. The minimum absolute atomic E-state index is 0.346. The second-order valence-corrected chi connectivity index (χ2v) is 10.1. The highest BCUT2D eigenvalue weighted by atomic mass is 32.2. The lowest BCUT2D eigenvalue weighted by atomic mass is 10.1. The quantitative estimate of drug-likeness (QED) is 0.301. The van der Waals surface area contributed by atoms with Gasteiger partial charge in [-0.3, -0.25) is 29.8 Å². The molecule has 0 atom stereocenters. The Hall–Kier alpha value is -4.82. The largest absolute Gasteiger partial charge is 0.480 e. The van der Waals surface area contributed by atoms with Gasteiger partial charge in [0.1, 0.15) is 18.5 Å². The van der Waals surface area contributed by atoms with Crippen LogP contribution in [0.3, 0.4) is 0 Å². The summed E-state index contributed by atoms with van der Waals surface area (Å²) in [5.41, 5.74) is 3.15. The summed E-state index contributed by atoms with van der Waals surface area (Å²) in [5, 5.41) is 8.34. The maximum absolute atomic E-state index is 11.5. The van der Waals surface area contributed by atoms with Gasteiger partial charge in [0, 0.05) is 12.4 Å². The minimum atomic E-state index is -0.378. The van der Waals surface area contributed by atoms with Gasteiger partial charge < -0.3 is 10.1 Å². The average molecular weight is 574 g/mol. The van der Waals surface area contributed by atoms with Crippen molar-refractivity contribution in [2.45, 2.75) is 0 Å². The van der Waals surface area contributed by atoms with Gasteiger partial charge >= 0.3 is 0 Å². The zero-order valence-corrected chi connectivity index (χ0v) is 22.6. The molecular weight excluding hydrogens is 554 g/mol. The number of aromatic nitrogens is 4. The van der Waals surface area contributed by atoms with E-state index in [-0.39, 0.29) is 22.3 Å². The molecular formula is C26H19N7O5S2. The number of ether oxygens (including phenoxy) is 1. The van der Waals surface area contributed by atoms with Gasteiger partial charge in [-0.1, -0.05) is 12.1 Å². The second kappa shape index (κ2) is 11.5. The molecule has 2 aromatic heterocycles. The fraction of sp³-hybridized carbons (Fsp3) is 0.0769. The molecule has 3 N–H and O–H groups in total. The number of benzene rings is 2. The number of carbonyl (C=O) groups excluding carboxylic acids is 4. The predicted octanol–water partition coefficient (Wildman–Crippen LogP) is 3.96. The second-order valence-electron chi connectivity index (χ2n) is 8.11. The number of hydrogen-bond acceptors (Lipinski definition) is 12. The van der Waals surface area contributed by atoms with Gasteiger partial charge in [-0.05, 0) is 71.1 Å². The highest BCUT2D eigenvalue weighted by molar-refractivity contribution is 8.18. The summed E-state index contributed by atoms with van der Waals surface area (Å²) in [4.78, 5) is 62.5. The third-order valence-electron chi connectivity index (χ3n) is 5.59.